The maximum atomic E-state index is 3.62. The standard InChI is InChI=1S/C9H7Br3/c10-8-4-2-1-3-6(8)7-5-9(7,11)12/h1-4,7H,5H2/t7-/m1/s1. The molecule has 0 radical (unpaired) electrons. The molecule has 1 aliphatic rings. The summed E-state index contributed by atoms with van der Waals surface area (Å²) >= 11 is 10.8. The Kier molecular flexibility index (Phi) is 2.39. The zero-order chi connectivity index (χ0) is 8.77. The van der Waals surface area contributed by atoms with E-state index in [0.717, 1.165) is 6.42 Å². The lowest BCUT2D eigenvalue weighted by Crippen LogP contribution is -1.88. The molecule has 0 saturated heterocycles. The van der Waals surface area contributed by atoms with E-state index in [-0.39, 0.29) is 3.23 Å². The minimum Gasteiger partial charge on any atom is -0.0720 e. The number of hydrogen-bond donors (Lipinski definition) is 0. The highest BCUT2D eigenvalue weighted by molar-refractivity contribution is 9.25. The smallest absolute Gasteiger partial charge is 0.0720 e. The molecule has 1 fully saturated rings. The van der Waals surface area contributed by atoms with Crippen LogP contribution >= 0.6 is 47.8 Å². The van der Waals surface area contributed by atoms with Crippen molar-refractivity contribution in [1.29, 1.82) is 0 Å². The molecule has 3 heteroatoms. The maximum absolute atomic E-state index is 3.62. The molecule has 0 bridgehead atoms. The number of hydrogen-bond acceptors (Lipinski definition) is 0. The zero-order valence-electron chi connectivity index (χ0n) is 6.23. The molecule has 1 aromatic carbocycles. The average Bonchev–Trinajstić information content (AvgIpc) is 2.61. The molecule has 1 saturated carbocycles. The fraction of sp³-hybridized carbons (Fsp3) is 0.333. The first kappa shape index (κ1) is 9.22. The summed E-state index contributed by atoms with van der Waals surface area (Å²) < 4.78 is 1.36. The van der Waals surface area contributed by atoms with E-state index < -0.39 is 0 Å². The van der Waals surface area contributed by atoms with Gasteiger partial charge in [0, 0.05) is 10.4 Å². The van der Waals surface area contributed by atoms with Gasteiger partial charge < -0.3 is 0 Å². The van der Waals surface area contributed by atoms with Crippen LogP contribution in [0.2, 0.25) is 0 Å². The number of benzene rings is 1. The van der Waals surface area contributed by atoms with E-state index >= 15 is 0 Å². The highest BCUT2D eigenvalue weighted by atomic mass is 79.9. The minimum absolute atomic E-state index is 0.157. The highest BCUT2D eigenvalue weighted by Crippen LogP contribution is 2.63. The van der Waals surface area contributed by atoms with Crippen LogP contribution in [0.15, 0.2) is 28.7 Å². The number of alkyl halides is 2. The molecule has 0 aromatic heterocycles. The van der Waals surface area contributed by atoms with Crippen LogP contribution < -0.4 is 0 Å². The van der Waals surface area contributed by atoms with Gasteiger partial charge in [-0.15, -0.1) is 0 Å². The second-order valence-electron chi connectivity index (χ2n) is 3.04. The minimum atomic E-state index is 0.157. The van der Waals surface area contributed by atoms with Gasteiger partial charge in [-0.1, -0.05) is 66.0 Å². The van der Waals surface area contributed by atoms with Crippen LogP contribution in [-0.4, -0.2) is 3.23 Å². The van der Waals surface area contributed by atoms with E-state index in [0.29, 0.717) is 5.92 Å². The largest absolute Gasteiger partial charge is 0.0881 e. The second kappa shape index (κ2) is 3.10. The molecule has 0 nitrogen and oxygen atoms in total. The Morgan fingerprint density at radius 2 is 1.83 bits per heavy atom. The second-order valence-corrected chi connectivity index (χ2v) is 7.79. The van der Waals surface area contributed by atoms with Crippen molar-refractivity contribution < 1.29 is 0 Å². The third-order valence-corrected chi connectivity index (χ3v) is 4.58. The molecule has 1 aliphatic carbocycles. The fourth-order valence-corrected chi connectivity index (χ4v) is 3.01. The summed E-state index contributed by atoms with van der Waals surface area (Å²) in [6.07, 6.45) is 1.16. The van der Waals surface area contributed by atoms with Gasteiger partial charge in [0.2, 0.25) is 0 Å². The van der Waals surface area contributed by atoms with Crippen LogP contribution in [0, 0.1) is 0 Å². The van der Waals surface area contributed by atoms with Crippen LogP contribution in [0.1, 0.15) is 17.9 Å². The lowest BCUT2D eigenvalue weighted by molar-refractivity contribution is 1.11. The Morgan fingerprint density at radius 3 is 2.33 bits per heavy atom. The van der Waals surface area contributed by atoms with Gasteiger partial charge in [-0.3, -0.25) is 0 Å². The van der Waals surface area contributed by atoms with Gasteiger partial charge >= 0.3 is 0 Å². The van der Waals surface area contributed by atoms with Gasteiger partial charge in [-0.2, -0.15) is 0 Å². The normalized spacial score (nSPS) is 25.4. The fourth-order valence-electron chi connectivity index (χ4n) is 1.31. The van der Waals surface area contributed by atoms with Gasteiger partial charge in [-0.25, -0.2) is 0 Å². The maximum Gasteiger partial charge on any atom is 0.0881 e. The lowest BCUT2D eigenvalue weighted by Gasteiger charge is -2.03. The van der Waals surface area contributed by atoms with Gasteiger partial charge in [0.15, 0.2) is 0 Å². The van der Waals surface area contributed by atoms with Crippen molar-refractivity contribution in [2.45, 2.75) is 15.6 Å². The van der Waals surface area contributed by atoms with Crippen molar-refractivity contribution in [2.24, 2.45) is 0 Å². The third kappa shape index (κ3) is 1.64. The summed E-state index contributed by atoms with van der Waals surface area (Å²) in [5, 5.41) is 0. The molecular weight excluding hydrogens is 348 g/mol. The van der Waals surface area contributed by atoms with E-state index in [1.165, 1.54) is 10.0 Å². The Balaban J connectivity index is 2.31. The molecule has 0 heterocycles. The molecular formula is C9H7Br3. The predicted octanol–water partition coefficient (Wildman–Crippen LogP) is 4.42. The summed E-state index contributed by atoms with van der Waals surface area (Å²) in [6, 6.07) is 8.37. The molecule has 0 spiro atoms. The van der Waals surface area contributed by atoms with Crippen molar-refractivity contribution in [1.82, 2.24) is 0 Å². The molecule has 64 valence electrons. The average molecular weight is 355 g/mol. The van der Waals surface area contributed by atoms with Gasteiger partial charge in [-0.05, 0) is 18.1 Å². The van der Waals surface area contributed by atoms with Crippen molar-refractivity contribution >= 4 is 47.8 Å². The van der Waals surface area contributed by atoms with Crippen molar-refractivity contribution in [3.8, 4) is 0 Å². The molecule has 0 unspecified atom stereocenters. The SMILES string of the molecule is Brc1ccccc1[C@H]1CC1(Br)Br. The van der Waals surface area contributed by atoms with E-state index in [2.05, 4.69) is 66.0 Å². The quantitative estimate of drug-likeness (QED) is 0.655. The summed E-state index contributed by atoms with van der Waals surface area (Å²) in [4.78, 5) is 0. The van der Waals surface area contributed by atoms with Crippen LogP contribution in [0.5, 0.6) is 0 Å². The molecule has 0 N–H and O–H groups in total. The topological polar surface area (TPSA) is 0 Å². The molecule has 0 aliphatic heterocycles. The van der Waals surface area contributed by atoms with Crippen LogP contribution in [-0.2, 0) is 0 Å². The molecule has 12 heavy (non-hydrogen) atoms. The molecule has 0 amide bonds. The third-order valence-electron chi connectivity index (χ3n) is 2.11. The Hall–Kier alpha value is 0.660. The van der Waals surface area contributed by atoms with E-state index in [1.807, 2.05) is 6.07 Å². The Bertz CT molecular complexity index is 306. The van der Waals surface area contributed by atoms with Crippen LogP contribution in [0.3, 0.4) is 0 Å². The van der Waals surface area contributed by atoms with Gasteiger partial charge in [0.05, 0.1) is 3.23 Å². The van der Waals surface area contributed by atoms with E-state index in [1.54, 1.807) is 0 Å². The Morgan fingerprint density at radius 1 is 1.25 bits per heavy atom. The van der Waals surface area contributed by atoms with Crippen LogP contribution in [0.4, 0.5) is 0 Å². The van der Waals surface area contributed by atoms with Crippen molar-refractivity contribution in [3.05, 3.63) is 34.3 Å². The van der Waals surface area contributed by atoms with E-state index in [4.69, 9.17) is 0 Å². The lowest BCUT2D eigenvalue weighted by atomic mass is 10.1. The number of rotatable bonds is 1. The van der Waals surface area contributed by atoms with E-state index in [9.17, 15) is 0 Å². The monoisotopic (exact) mass is 352 g/mol. The van der Waals surface area contributed by atoms with Crippen molar-refractivity contribution in [2.75, 3.05) is 0 Å². The summed E-state index contributed by atoms with van der Waals surface area (Å²) in [5.74, 6) is 0.605. The van der Waals surface area contributed by atoms with Gasteiger partial charge in [0.1, 0.15) is 0 Å². The summed E-state index contributed by atoms with van der Waals surface area (Å²) in [6.45, 7) is 0. The first-order valence-corrected chi connectivity index (χ1v) is 6.11. The zero-order valence-corrected chi connectivity index (χ0v) is 11.0. The molecule has 1 aromatic rings. The van der Waals surface area contributed by atoms with Crippen molar-refractivity contribution in [3.63, 3.8) is 0 Å². The summed E-state index contributed by atoms with van der Waals surface area (Å²) in [5.41, 5.74) is 1.38. The van der Waals surface area contributed by atoms with Gasteiger partial charge in [0.25, 0.3) is 0 Å². The summed E-state index contributed by atoms with van der Waals surface area (Å²) in [7, 11) is 0. The highest BCUT2D eigenvalue weighted by Gasteiger charge is 2.51. The number of halogens is 3. The first-order chi connectivity index (χ1) is 5.61. The Labute approximate surface area is 97.1 Å². The predicted molar refractivity (Wildman–Crippen MR) is 62.1 cm³/mol. The first-order valence-electron chi connectivity index (χ1n) is 3.73. The van der Waals surface area contributed by atoms with Crippen LogP contribution in [0.25, 0.3) is 0 Å². The molecule has 2 rings (SSSR count). The molecule has 1 atom stereocenters.